The van der Waals surface area contributed by atoms with E-state index in [1.165, 1.54) is 0 Å². The average molecular weight is 529 g/mol. The monoisotopic (exact) mass is 529 g/mol. The van der Waals surface area contributed by atoms with Crippen LogP contribution in [-0.4, -0.2) is 40.3 Å². The van der Waals surface area contributed by atoms with Crippen LogP contribution >= 0.6 is 24.0 Å². The Hall–Kier alpha value is -2.07. The van der Waals surface area contributed by atoms with Crippen molar-refractivity contribution in [3.63, 3.8) is 0 Å². The van der Waals surface area contributed by atoms with Crippen molar-refractivity contribution in [2.75, 3.05) is 26.0 Å². The van der Waals surface area contributed by atoms with Gasteiger partial charge in [-0.3, -0.25) is 4.99 Å². The Bertz CT molecular complexity index is 887. The van der Waals surface area contributed by atoms with E-state index in [9.17, 15) is 8.42 Å². The molecular weight excluding hydrogens is 501 g/mol. The highest BCUT2D eigenvalue weighted by atomic mass is 127. The number of benzene rings is 2. The number of hydrogen-bond donors (Lipinski definition) is 2. The van der Waals surface area contributed by atoms with Gasteiger partial charge in [0, 0.05) is 25.7 Å². The van der Waals surface area contributed by atoms with Gasteiger partial charge in [0.25, 0.3) is 0 Å². The van der Waals surface area contributed by atoms with E-state index in [0.29, 0.717) is 37.0 Å². The van der Waals surface area contributed by atoms with Gasteiger partial charge < -0.3 is 15.4 Å². The van der Waals surface area contributed by atoms with E-state index in [4.69, 9.17) is 4.74 Å². The van der Waals surface area contributed by atoms with E-state index < -0.39 is 9.84 Å². The zero-order valence-electron chi connectivity index (χ0n) is 16.5. The first-order valence-corrected chi connectivity index (χ1v) is 10.8. The lowest BCUT2D eigenvalue weighted by Crippen LogP contribution is -2.37. The molecular formula is C21H28IN3O3S. The van der Waals surface area contributed by atoms with Gasteiger partial charge in [0.2, 0.25) is 0 Å². The molecule has 0 heterocycles. The molecule has 0 aliphatic carbocycles. The molecule has 29 heavy (non-hydrogen) atoms. The van der Waals surface area contributed by atoms with Crippen molar-refractivity contribution in [2.45, 2.75) is 17.9 Å². The maximum absolute atomic E-state index is 12.3. The molecule has 0 aliphatic heterocycles. The summed E-state index contributed by atoms with van der Waals surface area (Å²) < 4.78 is 30.2. The third-order valence-corrected chi connectivity index (χ3v) is 5.80. The summed E-state index contributed by atoms with van der Waals surface area (Å²) in [6, 6.07) is 16.3. The first kappa shape index (κ1) is 25.0. The lowest BCUT2D eigenvalue weighted by atomic mass is 10.2. The summed E-state index contributed by atoms with van der Waals surface area (Å²) in [4.78, 5) is 4.53. The van der Waals surface area contributed by atoms with Gasteiger partial charge in [-0.2, -0.15) is 0 Å². The second-order valence-corrected chi connectivity index (χ2v) is 8.15. The van der Waals surface area contributed by atoms with Gasteiger partial charge in [-0.15, -0.1) is 24.0 Å². The highest BCUT2D eigenvalue weighted by Gasteiger charge is 2.13. The number of guanidine groups is 1. The van der Waals surface area contributed by atoms with E-state index in [1.807, 2.05) is 24.3 Å². The number of sulfone groups is 1. The molecule has 2 aromatic rings. The normalized spacial score (nSPS) is 11.3. The molecule has 6 nitrogen and oxygen atoms in total. The molecule has 0 spiro atoms. The molecule has 0 fully saturated rings. The second kappa shape index (κ2) is 13.2. The van der Waals surface area contributed by atoms with Crippen molar-refractivity contribution in [3.8, 4) is 5.75 Å². The third-order valence-electron chi connectivity index (χ3n) is 3.98. The summed E-state index contributed by atoms with van der Waals surface area (Å²) in [5.74, 6) is 1.48. The van der Waals surface area contributed by atoms with E-state index in [1.54, 1.807) is 43.5 Å². The van der Waals surface area contributed by atoms with Crippen LogP contribution in [0, 0.1) is 0 Å². The van der Waals surface area contributed by atoms with Crippen LogP contribution in [0.3, 0.4) is 0 Å². The maximum atomic E-state index is 12.3. The van der Waals surface area contributed by atoms with Crippen LogP contribution in [0.1, 0.15) is 12.0 Å². The number of ether oxygens (including phenoxy) is 1. The molecule has 0 saturated carbocycles. The highest BCUT2D eigenvalue weighted by Crippen LogP contribution is 2.17. The van der Waals surface area contributed by atoms with Gasteiger partial charge in [-0.25, -0.2) is 8.42 Å². The fourth-order valence-corrected chi connectivity index (χ4v) is 3.89. The summed E-state index contributed by atoms with van der Waals surface area (Å²) in [5, 5.41) is 6.36. The minimum absolute atomic E-state index is 0. The Balaban J connectivity index is 0.00000420. The molecule has 158 valence electrons. The molecule has 0 unspecified atom stereocenters. The Morgan fingerprint density at radius 1 is 1.10 bits per heavy atom. The summed E-state index contributed by atoms with van der Waals surface area (Å²) in [5.41, 5.74) is 0.999. The smallest absolute Gasteiger partial charge is 0.191 e. The molecule has 0 atom stereocenters. The number of halogens is 1. The van der Waals surface area contributed by atoms with Crippen molar-refractivity contribution in [1.82, 2.24) is 10.6 Å². The van der Waals surface area contributed by atoms with Gasteiger partial charge in [0.1, 0.15) is 12.4 Å². The van der Waals surface area contributed by atoms with Crippen molar-refractivity contribution in [1.29, 1.82) is 0 Å². The lowest BCUT2D eigenvalue weighted by molar-refractivity contribution is 0.358. The van der Waals surface area contributed by atoms with Crippen LogP contribution in [0.25, 0.3) is 0 Å². The van der Waals surface area contributed by atoms with Crippen LogP contribution in [0.5, 0.6) is 5.75 Å². The zero-order valence-corrected chi connectivity index (χ0v) is 19.7. The van der Waals surface area contributed by atoms with E-state index in [-0.39, 0.29) is 29.7 Å². The Kier molecular flexibility index (Phi) is 11.4. The molecule has 0 aromatic heterocycles. The number of rotatable bonds is 10. The lowest BCUT2D eigenvalue weighted by Gasteiger charge is -2.14. The minimum Gasteiger partial charge on any atom is -0.489 e. The number of nitrogens with zero attached hydrogens (tertiary/aromatic N) is 1. The quantitative estimate of drug-likeness (QED) is 0.162. The molecule has 0 bridgehead atoms. The Labute approximate surface area is 190 Å². The number of hydrogen-bond acceptors (Lipinski definition) is 4. The van der Waals surface area contributed by atoms with Crippen molar-refractivity contribution < 1.29 is 13.2 Å². The Morgan fingerprint density at radius 2 is 1.79 bits per heavy atom. The predicted molar refractivity (Wildman–Crippen MR) is 129 cm³/mol. The number of para-hydroxylation sites is 1. The molecule has 8 heteroatoms. The first-order valence-electron chi connectivity index (χ1n) is 9.10. The van der Waals surface area contributed by atoms with E-state index in [2.05, 4.69) is 22.2 Å². The topological polar surface area (TPSA) is 79.8 Å². The van der Waals surface area contributed by atoms with Crippen molar-refractivity contribution in [3.05, 3.63) is 72.8 Å². The zero-order chi connectivity index (χ0) is 20.2. The average Bonchev–Trinajstić information content (AvgIpc) is 2.73. The largest absolute Gasteiger partial charge is 0.489 e. The van der Waals surface area contributed by atoms with E-state index >= 15 is 0 Å². The summed E-state index contributed by atoms with van der Waals surface area (Å²) in [7, 11) is -1.58. The summed E-state index contributed by atoms with van der Waals surface area (Å²) in [6.45, 7) is 5.14. The first-order chi connectivity index (χ1) is 13.6. The number of nitrogens with one attached hydrogen (secondary N) is 2. The van der Waals surface area contributed by atoms with Gasteiger partial charge in [0.05, 0.1) is 10.6 Å². The van der Waals surface area contributed by atoms with Crippen LogP contribution in [0.4, 0.5) is 0 Å². The van der Waals surface area contributed by atoms with Gasteiger partial charge in [-0.05, 0) is 24.6 Å². The molecule has 2 aromatic carbocycles. The summed E-state index contributed by atoms with van der Waals surface area (Å²) in [6.07, 6.45) is 2.19. The Morgan fingerprint density at radius 3 is 2.48 bits per heavy atom. The standard InChI is InChI=1S/C21H27N3O3S.HI/c1-3-15-27-20-13-8-7-10-18(20)17-24-21(22-2)23-14-9-16-28(25,26)19-11-5-4-6-12-19;/h3-8,10-13H,1,9,14-17H2,2H3,(H2,22,23,24);1H. The van der Waals surface area contributed by atoms with E-state index in [0.717, 1.165) is 11.3 Å². The maximum Gasteiger partial charge on any atom is 0.191 e. The van der Waals surface area contributed by atoms with Crippen LogP contribution < -0.4 is 15.4 Å². The SMILES string of the molecule is C=CCOc1ccccc1CNC(=NC)NCCCS(=O)(=O)c1ccccc1.I. The third kappa shape index (κ3) is 8.45. The van der Waals surface area contributed by atoms with Gasteiger partial charge >= 0.3 is 0 Å². The van der Waals surface area contributed by atoms with Crippen molar-refractivity contribution in [2.24, 2.45) is 4.99 Å². The number of aliphatic imine (C=N–C) groups is 1. The van der Waals surface area contributed by atoms with Crippen LogP contribution in [0.2, 0.25) is 0 Å². The highest BCUT2D eigenvalue weighted by molar-refractivity contribution is 14.0. The molecule has 2 rings (SSSR count). The fourth-order valence-electron chi connectivity index (χ4n) is 2.55. The molecule has 0 radical (unpaired) electrons. The van der Waals surface area contributed by atoms with Gasteiger partial charge in [-0.1, -0.05) is 49.1 Å². The van der Waals surface area contributed by atoms with Crippen molar-refractivity contribution >= 4 is 39.8 Å². The minimum atomic E-state index is -3.26. The van der Waals surface area contributed by atoms with Crippen LogP contribution in [0.15, 0.2) is 77.1 Å². The molecule has 0 aliphatic rings. The summed E-state index contributed by atoms with van der Waals surface area (Å²) >= 11 is 0. The molecule has 0 saturated heterocycles. The fraction of sp³-hybridized carbons (Fsp3) is 0.286. The van der Waals surface area contributed by atoms with Gasteiger partial charge in [0.15, 0.2) is 15.8 Å². The molecule has 2 N–H and O–H groups in total. The second-order valence-electron chi connectivity index (χ2n) is 6.05. The predicted octanol–water partition coefficient (Wildman–Crippen LogP) is 3.40. The molecule has 0 amide bonds. The van der Waals surface area contributed by atoms with Crippen LogP contribution in [-0.2, 0) is 16.4 Å².